The lowest BCUT2D eigenvalue weighted by Crippen LogP contribution is -2.32. The van der Waals surface area contributed by atoms with Crippen LogP contribution in [0.2, 0.25) is 0 Å². The molecule has 3 aromatic rings. The highest BCUT2D eigenvalue weighted by molar-refractivity contribution is 7.70. The number of aliphatic hydroxyl groups is 2. The van der Waals surface area contributed by atoms with Crippen LogP contribution in [0.4, 0.5) is 5.82 Å². The van der Waals surface area contributed by atoms with Gasteiger partial charge in [0.2, 0.25) is 0 Å². The van der Waals surface area contributed by atoms with Gasteiger partial charge < -0.3 is 39.5 Å². The predicted octanol–water partition coefficient (Wildman–Crippen LogP) is 0.785. The molecule has 14 nitrogen and oxygen atoms in total. The van der Waals surface area contributed by atoms with E-state index in [0.717, 1.165) is 5.56 Å². The van der Waals surface area contributed by atoms with E-state index < -0.39 is 52.2 Å². The van der Waals surface area contributed by atoms with Gasteiger partial charge >= 0.3 is 15.2 Å². The van der Waals surface area contributed by atoms with Crippen LogP contribution >= 0.6 is 15.2 Å². The summed E-state index contributed by atoms with van der Waals surface area (Å²) in [5.41, 5.74) is 1.82. The van der Waals surface area contributed by atoms with Gasteiger partial charge in [-0.05, 0) is 5.56 Å². The van der Waals surface area contributed by atoms with Crippen molar-refractivity contribution in [3.8, 4) is 0 Å². The quantitative estimate of drug-likeness (QED) is 0.201. The van der Waals surface area contributed by atoms with Crippen molar-refractivity contribution >= 4 is 32.2 Å². The molecular formula is C19H25N5O9P2. The van der Waals surface area contributed by atoms with Crippen LogP contribution < -0.4 is 5.32 Å². The van der Waals surface area contributed by atoms with Gasteiger partial charge in [-0.15, -0.1) is 0 Å². The van der Waals surface area contributed by atoms with Crippen molar-refractivity contribution in [3.63, 3.8) is 0 Å². The van der Waals surface area contributed by atoms with Gasteiger partial charge in [0.15, 0.2) is 29.1 Å². The van der Waals surface area contributed by atoms with Gasteiger partial charge in [-0.25, -0.2) is 15.0 Å². The first-order valence-electron chi connectivity index (χ1n) is 10.5. The van der Waals surface area contributed by atoms with E-state index >= 15 is 0 Å². The topological polar surface area (TPSA) is 209 Å². The minimum atomic E-state index is -4.75. The Balaban J connectivity index is 1.43. The van der Waals surface area contributed by atoms with Crippen LogP contribution in [0.1, 0.15) is 18.2 Å². The van der Waals surface area contributed by atoms with Gasteiger partial charge in [-0.3, -0.25) is 13.7 Å². The van der Waals surface area contributed by atoms with Crippen molar-refractivity contribution in [2.75, 3.05) is 17.8 Å². The Morgan fingerprint density at radius 1 is 1.06 bits per heavy atom. The molecule has 0 saturated carbocycles. The SMILES string of the molecule is O=P(O)(O)CP(=O)(O)OCC[C@H]1O[C@@H](n2cnc3c(NCc4ccccc4)ncnc32)[C@H](O)[C@@H]1O. The number of fused-ring (bicyclic) bond motifs is 1. The molecule has 0 radical (unpaired) electrons. The van der Waals surface area contributed by atoms with Gasteiger partial charge in [-0.1, -0.05) is 30.3 Å². The van der Waals surface area contributed by atoms with E-state index in [1.807, 2.05) is 30.3 Å². The van der Waals surface area contributed by atoms with Crippen molar-refractivity contribution in [2.24, 2.45) is 0 Å². The van der Waals surface area contributed by atoms with E-state index in [-0.39, 0.29) is 6.42 Å². The first-order chi connectivity index (χ1) is 16.5. The number of aromatic nitrogens is 4. The molecule has 1 aliphatic rings. The van der Waals surface area contributed by atoms with E-state index in [2.05, 4.69) is 20.3 Å². The summed E-state index contributed by atoms with van der Waals surface area (Å²) in [6, 6.07) is 9.67. The molecule has 1 unspecified atom stereocenters. The highest BCUT2D eigenvalue weighted by Gasteiger charge is 2.44. The molecule has 1 aromatic carbocycles. The van der Waals surface area contributed by atoms with Crippen LogP contribution in [0.25, 0.3) is 11.2 Å². The average Bonchev–Trinajstić information content (AvgIpc) is 3.33. The number of hydrogen-bond acceptors (Lipinski definition) is 10. The summed E-state index contributed by atoms with van der Waals surface area (Å²) in [6.45, 7) is 0.0647. The van der Waals surface area contributed by atoms with Crippen LogP contribution in [0.15, 0.2) is 43.0 Å². The Morgan fingerprint density at radius 2 is 1.80 bits per heavy atom. The molecule has 0 aliphatic carbocycles. The van der Waals surface area contributed by atoms with Crippen molar-refractivity contribution in [2.45, 2.75) is 37.5 Å². The van der Waals surface area contributed by atoms with Gasteiger partial charge in [0.1, 0.15) is 18.5 Å². The summed E-state index contributed by atoms with van der Waals surface area (Å²) < 4.78 is 34.7. The second kappa shape index (κ2) is 10.4. The number of aliphatic hydroxyl groups excluding tert-OH is 2. The van der Waals surface area contributed by atoms with Gasteiger partial charge in [0.05, 0.1) is 19.0 Å². The zero-order chi connectivity index (χ0) is 25.2. The molecule has 190 valence electrons. The lowest BCUT2D eigenvalue weighted by Gasteiger charge is -2.17. The van der Waals surface area contributed by atoms with Crippen LogP contribution in [0, 0.1) is 0 Å². The standard InChI is InChI=1S/C19H25N5O9P2/c25-15-13(6-7-32-35(30,31)11-34(27,28)29)33-19(16(15)26)24-10-23-14-17(21-9-22-18(14)24)20-8-12-4-2-1-3-5-12/h1-5,9-10,13,15-16,19,25-26H,6-8,11H2,(H,30,31)(H,20,21,22)(H2,27,28,29)/t13-,15-,16-,19-/m1/s1. The van der Waals surface area contributed by atoms with Gasteiger partial charge in [-0.2, -0.15) is 0 Å². The fourth-order valence-electron chi connectivity index (χ4n) is 3.73. The number of benzene rings is 1. The third-order valence-corrected chi connectivity index (χ3v) is 8.82. The molecule has 1 saturated heterocycles. The molecule has 4 rings (SSSR count). The summed E-state index contributed by atoms with van der Waals surface area (Å²) in [5, 5.41) is 24.2. The molecule has 3 heterocycles. The summed E-state index contributed by atoms with van der Waals surface area (Å²) >= 11 is 0. The third-order valence-electron chi connectivity index (χ3n) is 5.33. The second-order valence-electron chi connectivity index (χ2n) is 8.00. The van der Waals surface area contributed by atoms with E-state index in [9.17, 15) is 24.2 Å². The Hall–Kier alpha value is -2.25. The highest BCUT2D eigenvalue weighted by atomic mass is 31.2. The normalized spacial score (nSPS) is 24.5. The van der Waals surface area contributed by atoms with E-state index in [1.54, 1.807) is 0 Å². The van der Waals surface area contributed by atoms with Crippen molar-refractivity contribution < 1.29 is 43.3 Å². The minimum absolute atomic E-state index is 0.119. The zero-order valence-electron chi connectivity index (χ0n) is 18.2. The van der Waals surface area contributed by atoms with Gasteiger partial charge in [0, 0.05) is 13.0 Å². The Morgan fingerprint density at radius 3 is 2.51 bits per heavy atom. The maximum absolute atomic E-state index is 11.8. The number of imidazole rings is 1. The Kier molecular flexibility index (Phi) is 7.67. The minimum Gasteiger partial charge on any atom is -0.388 e. The molecule has 35 heavy (non-hydrogen) atoms. The highest BCUT2D eigenvalue weighted by Crippen LogP contribution is 2.55. The van der Waals surface area contributed by atoms with E-state index in [4.69, 9.17) is 19.0 Å². The molecule has 5 atom stereocenters. The molecule has 1 fully saturated rings. The molecule has 6 N–H and O–H groups in total. The van der Waals surface area contributed by atoms with Crippen LogP contribution in [0.5, 0.6) is 0 Å². The van der Waals surface area contributed by atoms with Crippen LogP contribution in [-0.4, -0.2) is 75.2 Å². The van der Waals surface area contributed by atoms with Crippen LogP contribution in [0.3, 0.4) is 0 Å². The lowest BCUT2D eigenvalue weighted by molar-refractivity contribution is -0.0399. The number of ether oxygens (including phenoxy) is 1. The molecule has 0 bridgehead atoms. The van der Waals surface area contributed by atoms with Crippen molar-refractivity contribution in [3.05, 3.63) is 48.5 Å². The Labute approximate surface area is 199 Å². The molecule has 0 amide bonds. The number of nitrogens with one attached hydrogen (secondary N) is 1. The Bertz CT molecular complexity index is 1250. The second-order valence-corrected chi connectivity index (χ2v) is 12.0. The summed E-state index contributed by atoms with van der Waals surface area (Å²) in [7, 11) is -9.29. The van der Waals surface area contributed by atoms with Crippen LogP contribution in [-0.2, 0) is 24.9 Å². The van der Waals surface area contributed by atoms with Crippen molar-refractivity contribution in [1.29, 1.82) is 0 Å². The molecule has 1 aliphatic heterocycles. The molecular weight excluding hydrogens is 504 g/mol. The zero-order valence-corrected chi connectivity index (χ0v) is 20.0. The smallest absolute Gasteiger partial charge is 0.340 e. The number of anilines is 1. The fraction of sp³-hybridized carbons (Fsp3) is 0.421. The third kappa shape index (κ3) is 6.31. The maximum atomic E-state index is 11.8. The maximum Gasteiger partial charge on any atom is 0.340 e. The summed E-state index contributed by atoms with van der Waals surface area (Å²) in [5.74, 6) is -0.847. The van der Waals surface area contributed by atoms with E-state index in [0.29, 0.717) is 23.5 Å². The average molecular weight is 529 g/mol. The summed E-state index contributed by atoms with van der Waals surface area (Å²) in [4.78, 5) is 40.0. The first-order valence-corrected chi connectivity index (χ1v) is 14.1. The molecule has 0 spiro atoms. The lowest BCUT2D eigenvalue weighted by atomic mass is 10.1. The molecule has 16 heteroatoms. The number of hydrogen-bond donors (Lipinski definition) is 6. The van der Waals surface area contributed by atoms with E-state index in [1.165, 1.54) is 17.2 Å². The number of rotatable bonds is 10. The predicted molar refractivity (Wildman–Crippen MR) is 122 cm³/mol. The molecule has 2 aromatic heterocycles. The monoisotopic (exact) mass is 529 g/mol. The first kappa shape index (κ1) is 25.8. The largest absolute Gasteiger partial charge is 0.388 e. The number of nitrogens with zero attached hydrogens (tertiary/aromatic N) is 4. The fourth-order valence-corrected chi connectivity index (χ4v) is 6.31. The van der Waals surface area contributed by atoms with Gasteiger partial charge in [0.25, 0.3) is 0 Å². The summed E-state index contributed by atoms with van der Waals surface area (Å²) in [6.07, 6.45) is -2.17. The van der Waals surface area contributed by atoms with Crippen molar-refractivity contribution in [1.82, 2.24) is 19.5 Å².